The van der Waals surface area contributed by atoms with Crippen LogP contribution in [0, 0.1) is 0 Å². The largest absolute Gasteiger partial charge is 0.493 e. The summed E-state index contributed by atoms with van der Waals surface area (Å²) in [5, 5.41) is 0. The Hall–Kier alpha value is -3.26. The highest BCUT2D eigenvalue weighted by Gasteiger charge is 2.12. The van der Waals surface area contributed by atoms with Gasteiger partial charge in [0.15, 0.2) is 11.5 Å². The van der Waals surface area contributed by atoms with Gasteiger partial charge in [0.05, 0.1) is 20.8 Å². The molecule has 2 amide bonds. The van der Waals surface area contributed by atoms with Crippen molar-refractivity contribution in [2.45, 2.75) is 0 Å². The van der Waals surface area contributed by atoms with Gasteiger partial charge in [0, 0.05) is 18.2 Å². The minimum Gasteiger partial charge on any atom is -0.493 e. The Balaban J connectivity index is 1.92. The van der Waals surface area contributed by atoms with Gasteiger partial charge in [-0.05, 0) is 42.5 Å². The molecule has 0 unspecified atom stereocenters. The molecule has 0 atom stereocenters. The van der Waals surface area contributed by atoms with Gasteiger partial charge in [-0.25, -0.2) is 0 Å². The molecule has 144 valence electrons. The lowest BCUT2D eigenvalue weighted by atomic mass is 10.2. The number of amides is 2. The van der Waals surface area contributed by atoms with E-state index >= 15 is 0 Å². The number of hydrazine groups is 1. The molecule has 0 aliphatic heterocycles. The van der Waals surface area contributed by atoms with Gasteiger partial charge in [-0.3, -0.25) is 20.4 Å². The Bertz CT molecular complexity index is 776. The first-order valence-electron chi connectivity index (χ1n) is 8.13. The monoisotopic (exact) mass is 374 g/mol. The Morgan fingerprint density at radius 2 is 1.37 bits per heavy atom. The van der Waals surface area contributed by atoms with Crippen molar-refractivity contribution in [2.75, 3.05) is 34.5 Å². The fourth-order valence-corrected chi connectivity index (χ4v) is 2.18. The molecule has 2 rings (SSSR count). The van der Waals surface area contributed by atoms with E-state index in [0.29, 0.717) is 41.6 Å². The van der Waals surface area contributed by atoms with Crippen LogP contribution in [0.25, 0.3) is 0 Å². The van der Waals surface area contributed by atoms with Gasteiger partial charge in [-0.15, -0.1) is 0 Å². The topological polar surface area (TPSA) is 95.1 Å². The molecule has 0 saturated heterocycles. The van der Waals surface area contributed by atoms with Crippen LogP contribution in [0.2, 0.25) is 0 Å². The van der Waals surface area contributed by atoms with E-state index in [4.69, 9.17) is 18.9 Å². The first-order valence-corrected chi connectivity index (χ1v) is 8.13. The van der Waals surface area contributed by atoms with Gasteiger partial charge in [0.2, 0.25) is 0 Å². The lowest BCUT2D eigenvalue weighted by Crippen LogP contribution is -2.41. The van der Waals surface area contributed by atoms with Crippen LogP contribution in [-0.4, -0.2) is 46.4 Å². The molecule has 2 aromatic rings. The summed E-state index contributed by atoms with van der Waals surface area (Å²) in [6.07, 6.45) is 0. The predicted octanol–water partition coefficient (Wildman–Crippen LogP) is 1.80. The number of rotatable bonds is 8. The minimum atomic E-state index is -0.483. The number of hydrogen-bond acceptors (Lipinski definition) is 6. The Morgan fingerprint density at radius 1 is 0.778 bits per heavy atom. The molecule has 0 spiro atoms. The molecule has 2 N–H and O–H groups in total. The summed E-state index contributed by atoms with van der Waals surface area (Å²) >= 11 is 0. The van der Waals surface area contributed by atoms with Crippen LogP contribution in [0.15, 0.2) is 42.5 Å². The van der Waals surface area contributed by atoms with Crippen LogP contribution in [-0.2, 0) is 4.74 Å². The summed E-state index contributed by atoms with van der Waals surface area (Å²) in [5.74, 6) is 0.612. The molecule has 27 heavy (non-hydrogen) atoms. The number of nitrogens with one attached hydrogen (secondary N) is 2. The average Bonchev–Trinajstić information content (AvgIpc) is 2.71. The van der Waals surface area contributed by atoms with Crippen LogP contribution in [0.3, 0.4) is 0 Å². The molecule has 0 aliphatic rings. The van der Waals surface area contributed by atoms with Crippen molar-refractivity contribution in [1.29, 1.82) is 0 Å². The zero-order valence-corrected chi connectivity index (χ0v) is 15.4. The SMILES string of the molecule is COCCOc1ccc(C(=O)NNC(=O)c2ccc(OC)c(OC)c2)cc1. The molecule has 0 fully saturated rings. The lowest BCUT2D eigenvalue weighted by molar-refractivity contribution is 0.0846. The molecule has 8 nitrogen and oxygen atoms in total. The summed E-state index contributed by atoms with van der Waals surface area (Å²) in [6, 6.07) is 11.2. The molecule has 0 aliphatic carbocycles. The lowest BCUT2D eigenvalue weighted by Gasteiger charge is -2.11. The quantitative estimate of drug-likeness (QED) is 0.540. The van der Waals surface area contributed by atoms with E-state index in [2.05, 4.69) is 10.9 Å². The smallest absolute Gasteiger partial charge is 0.269 e. The van der Waals surface area contributed by atoms with Crippen molar-refractivity contribution < 1.29 is 28.5 Å². The summed E-state index contributed by atoms with van der Waals surface area (Å²) in [6.45, 7) is 0.897. The highest BCUT2D eigenvalue weighted by molar-refractivity contribution is 5.99. The van der Waals surface area contributed by atoms with Crippen molar-refractivity contribution in [1.82, 2.24) is 10.9 Å². The van der Waals surface area contributed by atoms with Crippen molar-refractivity contribution in [3.8, 4) is 17.2 Å². The van der Waals surface area contributed by atoms with Crippen molar-refractivity contribution in [2.24, 2.45) is 0 Å². The van der Waals surface area contributed by atoms with Gasteiger partial charge < -0.3 is 18.9 Å². The highest BCUT2D eigenvalue weighted by atomic mass is 16.5. The highest BCUT2D eigenvalue weighted by Crippen LogP contribution is 2.27. The van der Waals surface area contributed by atoms with Gasteiger partial charge >= 0.3 is 0 Å². The molecule has 0 heterocycles. The number of methoxy groups -OCH3 is 3. The van der Waals surface area contributed by atoms with Crippen molar-refractivity contribution >= 4 is 11.8 Å². The maximum absolute atomic E-state index is 12.2. The van der Waals surface area contributed by atoms with E-state index in [-0.39, 0.29) is 0 Å². The summed E-state index contributed by atoms with van der Waals surface area (Å²) < 4.78 is 20.6. The van der Waals surface area contributed by atoms with E-state index in [1.54, 1.807) is 43.5 Å². The van der Waals surface area contributed by atoms with E-state index in [0.717, 1.165) is 0 Å². The fourth-order valence-electron chi connectivity index (χ4n) is 2.18. The molecular weight excluding hydrogens is 352 g/mol. The van der Waals surface area contributed by atoms with Crippen LogP contribution in [0.1, 0.15) is 20.7 Å². The van der Waals surface area contributed by atoms with Gasteiger partial charge in [0.1, 0.15) is 12.4 Å². The van der Waals surface area contributed by atoms with Crippen LogP contribution >= 0.6 is 0 Å². The predicted molar refractivity (Wildman–Crippen MR) is 98.3 cm³/mol. The fraction of sp³-hybridized carbons (Fsp3) is 0.263. The summed E-state index contributed by atoms with van der Waals surface area (Å²) in [4.78, 5) is 24.3. The van der Waals surface area contributed by atoms with E-state index in [1.807, 2.05) is 0 Å². The summed E-state index contributed by atoms with van der Waals surface area (Å²) in [7, 11) is 4.57. The van der Waals surface area contributed by atoms with Gasteiger partial charge in [-0.2, -0.15) is 0 Å². The standard InChI is InChI=1S/C19H22N2O6/c1-24-10-11-27-15-7-4-13(5-8-15)18(22)20-21-19(23)14-6-9-16(25-2)17(12-14)26-3/h4-9,12H,10-11H2,1-3H3,(H,20,22)(H,21,23). The summed E-state index contributed by atoms with van der Waals surface area (Å²) in [5.41, 5.74) is 5.41. The van der Waals surface area contributed by atoms with Crippen LogP contribution in [0.4, 0.5) is 0 Å². The van der Waals surface area contributed by atoms with Crippen molar-refractivity contribution in [3.63, 3.8) is 0 Å². The molecule has 2 aromatic carbocycles. The van der Waals surface area contributed by atoms with E-state index in [1.165, 1.54) is 20.3 Å². The molecule has 0 saturated carbocycles. The maximum atomic E-state index is 12.2. The van der Waals surface area contributed by atoms with Crippen LogP contribution < -0.4 is 25.1 Å². The number of hydrogen-bond donors (Lipinski definition) is 2. The second kappa shape index (κ2) is 10.0. The van der Waals surface area contributed by atoms with Crippen molar-refractivity contribution in [3.05, 3.63) is 53.6 Å². The zero-order valence-electron chi connectivity index (χ0n) is 15.4. The minimum absolute atomic E-state index is 0.315. The molecular formula is C19H22N2O6. The van der Waals surface area contributed by atoms with E-state index < -0.39 is 11.8 Å². The molecule has 8 heteroatoms. The third-order valence-electron chi connectivity index (χ3n) is 3.61. The normalized spacial score (nSPS) is 10.0. The molecule has 0 radical (unpaired) electrons. The number of benzene rings is 2. The Labute approximate surface area is 157 Å². The number of carbonyl (C=O) groups is 2. The molecule has 0 bridgehead atoms. The Morgan fingerprint density at radius 3 is 1.96 bits per heavy atom. The van der Waals surface area contributed by atoms with Gasteiger partial charge in [-0.1, -0.05) is 0 Å². The number of ether oxygens (including phenoxy) is 4. The Kier molecular flexibility index (Phi) is 7.45. The average molecular weight is 374 g/mol. The van der Waals surface area contributed by atoms with Gasteiger partial charge in [0.25, 0.3) is 11.8 Å². The second-order valence-electron chi connectivity index (χ2n) is 5.34. The first-order chi connectivity index (χ1) is 13.1. The first kappa shape index (κ1) is 20.1. The van der Waals surface area contributed by atoms with E-state index in [9.17, 15) is 9.59 Å². The third kappa shape index (κ3) is 5.61. The maximum Gasteiger partial charge on any atom is 0.269 e. The van der Waals surface area contributed by atoms with Crippen LogP contribution in [0.5, 0.6) is 17.2 Å². The number of carbonyl (C=O) groups excluding carboxylic acids is 2. The second-order valence-corrected chi connectivity index (χ2v) is 5.34. The third-order valence-corrected chi connectivity index (χ3v) is 3.61. The molecule has 0 aromatic heterocycles. The zero-order chi connectivity index (χ0) is 19.6.